The molecule has 29 heavy (non-hydrogen) atoms. The lowest BCUT2D eigenvalue weighted by Crippen LogP contribution is -2.55. The maximum Gasteiger partial charge on any atom is 0.326 e. The molecule has 1 saturated heterocycles. The van der Waals surface area contributed by atoms with E-state index in [1.165, 1.54) is 16.7 Å². The van der Waals surface area contributed by atoms with Crippen LogP contribution in [0.5, 0.6) is 0 Å². The summed E-state index contributed by atoms with van der Waals surface area (Å²) in [6.45, 7) is 0.191. The molecule has 1 fully saturated rings. The normalized spacial score (nSPS) is 18.0. The minimum absolute atomic E-state index is 0.218. The average Bonchev–Trinajstić information content (AvgIpc) is 3.16. The van der Waals surface area contributed by atoms with Crippen LogP contribution in [0.3, 0.4) is 0 Å². The molecule has 3 unspecified atom stereocenters. The standard InChI is InChI=1S/C17H28N4O7S/c1-29-8-6-10(15(25)20-11(17(27)28)4-5-14(23)24)19-16(26)12-3-2-7-21(12)13(22)9-18/h10-12H,2-9,18H2,1H3,(H,19,26)(H,20,25)(H,23,24)(H,27,28). The fraction of sp³-hybridized carbons (Fsp3) is 0.706. The number of hydrogen-bond donors (Lipinski definition) is 5. The summed E-state index contributed by atoms with van der Waals surface area (Å²) < 4.78 is 0. The molecule has 0 aliphatic carbocycles. The zero-order chi connectivity index (χ0) is 22.0. The van der Waals surface area contributed by atoms with Gasteiger partial charge >= 0.3 is 11.9 Å². The number of carboxylic acids is 2. The Bertz CT molecular complexity index is 631. The maximum absolute atomic E-state index is 12.7. The average molecular weight is 432 g/mol. The summed E-state index contributed by atoms with van der Waals surface area (Å²) in [4.78, 5) is 60.5. The van der Waals surface area contributed by atoms with Crippen molar-refractivity contribution in [1.29, 1.82) is 0 Å². The van der Waals surface area contributed by atoms with Gasteiger partial charge in [0, 0.05) is 13.0 Å². The minimum Gasteiger partial charge on any atom is -0.481 e. The van der Waals surface area contributed by atoms with Crippen molar-refractivity contribution >= 4 is 41.4 Å². The topological polar surface area (TPSA) is 179 Å². The molecular weight excluding hydrogens is 404 g/mol. The van der Waals surface area contributed by atoms with Crippen molar-refractivity contribution in [2.24, 2.45) is 5.73 Å². The summed E-state index contributed by atoms with van der Waals surface area (Å²) in [5.41, 5.74) is 5.38. The van der Waals surface area contributed by atoms with Crippen molar-refractivity contribution in [1.82, 2.24) is 15.5 Å². The summed E-state index contributed by atoms with van der Waals surface area (Å²) in [5, 5.41) is 22.8. The van der Waals surface area contributed by atoms with E-state index in [1.54, 1.807) is 0 Å². The Morgan fingerprint density at radius 1 is 1.14 bits per heavy atom. The molecule has 3 amide bonds. The van der Waals surface area contributed by atoms with Crippen molar-refractivity contribution in [2.45, 2.75) is 50.2 Å². The Morgan fingerprint density at radius 2 is 1.83 bits per heavy atom. The molecule has 0 aromatic rings. The first-order chi connectivity index (χ1) is 13.7. The van der Waals surface area contributed by atoms with Crippen LogP contribution < -0.4 is 16.4 Å². The van der Waals surface area contributed by atoms with Crippen molar-refractivity contribution < 1.29 is 34.2 Å². The summed E-state index contributed by atoms with van der Waals surface area (Å²) >= 11 is 1.45. The number of carboxylic acid groups (broad SMARTS) is 2. The van der Waals surface area contributed by atoms with Crippen molar-refractivity contribution in [3.63, 3.8) is 0 Å². The number of likely N-dealkylation sites (tertiary alicyclic amines) is 1. The van der Waals surface area contributed by atoms with E-state index < -0.39 is 48.3 Å². The number of nitrogens with one attached hydrogen (secondary N) is 2. The highest BCUT2D eigenvalue weighted by Crippen LogP contribution is 2.18. The Labute approximate surface area is 172 Å². The molecular formula is C17H28N4O7S. The van der Waals surface area contributed by atoms with E-state index in [0.717, 1.165) is 0 Å². The third-order valence-corrected chi connectivity index (χ3v) is 5.20. The molecule has 12 heteroatoms. The molecule has 0 aromatic carbocycles. The van der Waals surface area contributed by atoms with E-state index in [-0.39, 0.29) is 25.3 Å². The van der Waals surface area contributed by atoms with E-state index in [0.29, 0.717) is 25.1 Å². The second-order valence-corrected chi connectivity index (χ2v) is 7.61. The third kappa shape index (κ3) is 7.89. The largest absolute Gasteiger partial charge is 0.481 e. The van der Waals surface area contributed by atoms with Gasteiger partial charge < -0.3 is 31.5 Å². The fourth-order valence-electron chi connectivity index (χ4n) is 3.02. The quantitative estimate of drug-likeness (QED) is 0.248. The molecule has 11 nitrogen and oxygen atoms in total. The summed E-state index contributed by atoms with van der Waals surface area (Å²) in [5.74, 6) is -3.56. The molecule has 164 valence electrons. The van der Waals surface area contributed by atoms with Crippen molar-refractivity contribution in [2.75, 3.05) is 25.1 Å². The van der Waals surface area contributed by atoms with Gasteiger partial charge in [-0.25, -0.2) is 4.79 Å². The second kappa shape index (κ2) is 12.3. The molecule has 0 bridgehead atoms. The first-order valence-electron chi connectivity index (χ1n) is 9.25. The van der Waals surface area contributed by atoms with Crippen LogP contribution in [0, 0.1) is 0 Å². The Morgan fingerprint density at radius 3 is 2.38 bits per heavy atom. The number of rotatable bonds is 12. The van der Waals surface area contributed by atoms with Gasteiger partial charge in [-0.15, -0.1) is 0 Å². The maximum atomic E-state index is 12.7. The van der Waals surface area contributed by atoms with Gasteiger partial charge in [-0.05, 0) is 37.7 Å². The van der Waals surface area contributed by atoms with Crippen LogP contribution in [0.1, 0.15) is 32.1 Å². The number of amides is 3. The molecule has 0 aromatic heterocycles. The lowest BCUT2D eigenvalue weighted by atomic mass is 10.1. The number of hydrogen-bond acceptors (Lipinski definition) is 7. The van der Waals surface area contributed by atoms with Gasteiger partial charge in [0.2, 0.25) is 17.7 Å². The molecule has 1 rings (SSSR count). The minimum atomic E-state index is -1.38. The van der Waals surface area contributed by atoms with Crippen LogP contribution in [-0.2, 0) is 24.0 Å². The number of carbonyl (C=O) groups is 5. The summed E-state index contributed by atoms with van der Waals surface area (Å²) in [6, 6.07) is -3.11. The molecule has 1 aliphatic heterocycles. The SMILES string of the molecule is CSCCC(NC(=O)C1CCCN1C(=O)CN)C(=O)NC(CCC(=O)O)C(=O)O. The molecule has 0 saturated carbocycles. The molecule has 3 atom stereocenters. The predicted octanol–water partition coefficient (Wildman–Crippen LogP) is -1.39. The van der Waals surface area contributed by atoms with Crippen LogP contribution in [0.2, 0.25) is 0 Å². The zero-order valence-electron chi connectivity index (χ0n) is 16.3. The highest BCUT2D eigenvalue weighted by atomic mass is 32.2. The molecule has 0 spiro atoms. The van der Waals surface area contributed by atoms with Gasteiger partial charge in [-0.3, -0.25) is 19.2 Å². The molecule has 1 aliphatic rings. The number of thioether (sulfide) groups is 1. The zero-order valence-corrected chi connectivity index (χ0v) is 17.1. The fourth-order valence-corrected chi connectivity index (χ4v) is 3.50. The number of nitrogens with zero attached hydrogens (tertiary/aromatic N) is 1. The van der Waals surface area contributed by atoms with Crippen LogP contribution >= 0.6 is 11.8 Å². The smallest absolute Gasteiger partial charge is 0.326 e. The van der Waals surface area contributed by atoms with E-state index >= 15 is 0 Å². The summed E-state index contributed by atoms with van der Waals surface area (Å²) in [6.07, 6.45) is 2.47. The lowest BCUT2D eigenvalue weighted by Gasteiger charge is -2.26. The van der Waals surface area contributed by atoms with Crippen LogP contribution in [0.25, 0.3) is 0 Å². The third-order valence-electron chi connectivity index (χ3n) is 4.56. The Kier molecular flexibility index (Phi) is 10.5. The van der Waals surface area contributed by atoms with Crippen LogP contribution in [0.15, 0.2) is 0 Å². The van der Waals surface area contributed by atoms with Gasteiger partial charge in [-0.1, -0.05) is 0 Å². The van der Waals surface area contributed by atoms with Crippen LogP contribution in [0.4, 0.5) is 0 Å². The first kappa shape index (κ1) is 24.7. The van der Waals surface area contributed by atoms with Gasteiger partial charge in [-0.2, -0.15) is 11.8 Å². The molecule has 6 N–H and O–H groups in total. The Balaban J connectivity index is 2.82. The number of nitrogens with two attached hydrogens (primary N) is 1. The highest BCUT2D eigenvalue weighted by Gasteiger charge is 2.35. The van der Waals surface area contributed by atoms with Crippen molar-refractivity contribution in [3.8, 4) is 0 Å². The molecule has 1 heterocycles. The van der Waals surface area contributed by atoms with E-state index in [9.17, 15) is 29.1 Å². The lowest BCUT2D eigenvalue weighted by molar-refractivity contribution is -0.143. The number of aliphatic carboxylic acids is 2. The number of carbonyl (C=O) groups excluding carboxylic acids is 3. The van der Waals surface area contributed by atoms with Crippen LogP contribution in [-0.4, -0.2) is 88.0 Å². The van der Waals surface area contributed by atoms with E-state index in [4.69, 9.17) is 10.8 Å². The second-order valence-electron chi connectivity index (χ2n) is 6.62. The van der Waals surface area contributed by atoms with Crippen molar-refractivity contribution in [3.05, 3.63) is 0 Å². The summed E-state index contributed by atoms with van der Waals surface area (Å²) in [7, 11) is 0. The van der Waals surface area contributed by atoms with Gasteiger partial charge in [0.05, 0.1) is 6.54 Å². The van der Waals surface area contributed by atoms with Gasteiger partial charge in [0.15, 0.2) is 0 Å². The van der Waals surface area contributed by atoms with E-state index in [2.05, 4.69) is 10.6 Å². The first-order valence-corrected chi connectivity index (χ1v) is 10.6. The Hall–Kier alpha value is -2.34. The van der Waals surface area contributed by atoms with Gasteiger partial charge in [0.25, 0.3) is 0 Å². The van der Waals surface area contributed by atoms with Gasteiger partial charge in [0.1, 0.15) is 18.1 Å². The predicted molar refractivity (Wildman–Crippen MR) is 105 cm³/mol. The highest BCUT2D eigenvalue weighted by molar-refractivity contribution is 7.98. The van der Waals surface area contributed by atoms with E-state index in [1.807, 2.05) is 6.26 Å². The molecule has 0 radical (unpaired) electrons. The monoisotopic (exact) mass is 432 g/mol.